The first-order valence-electron chi connectivity index (χ1n) is 13.3. The number of unbranched alkanes of at least 4 members (excludes halogenated alkanes) is 3. The van der Waals surface area contributed by atoms with Crippen molar-refractivity contribution in [1.82, 2.24) is 9.97 Å². The predicted octanol–water partition coefficient (Wildman–Crippen LogP) is 6.68. The topological polar surface area (TPSA) is 133 Å². The van der Waals surface area contributed by atoms with Crippen molar-refractivity contribution in [3.63, 3.8) is 0 Å². The summed E-state index contributed by atoms with van der Waals surface area (Å²) in [5.41, 5.74) is 4.89. The monoisotopic (exact) mass is 615 g/mol. The first kappa shape index (κ1) is 32.2. The number of nitrogens with two attached hydrogens (primary N) is 1. The molecule has 0 bridgehead atoms. The van der Waals surface area contributed by atoms with Crippen molar-refractivity contribution in [3.8, 4) is 0 Å². The van der Waals surface area contributed by atoms with Gasteiger partial charge in [-0.1, -0.05) is 0 Å². The summed E-state index contributed by atoms with van der Waals surface area (Å²) in [5.74, 6) is 0.0736. The fourth-order valence-electron chi connectivity index (χ4n) is 4.88. The van der Waals surface area contributed by atoms with E-state index in [0.29, 0.717) is 5.69 Å². The van der Waals surface area contributed by atoms with E-state index in [1.807, 2.05) is 20.8 Å². The molecule has 4 N–H and O–H groups in total. The van der Waals surface area contributed by atoms with Gasteiger partial charge in [-0.2, -0.15) is 0 Å². The predicted molar refractivity (Wildman–Crippen MR) is 151 cm³/mol. The van der Waals surface area contributed by atoms with Crippen LogP contribution in [0.1, 0.15) is 101 Å². The van der Waals surface area contributed by atoms with E-state index in [1.165, 1.54) is 4.90 Å². The maximum atomic E-state index is 12.8. The molecule has 1 aromatic rings. The average Bonchev–Trinajstić information content (AvgIpc) is 2.72. The second-order valence-corrected chi connectivity index (χ2v) is 24.7. The van der Waals surface area contributed by atoms with Gasteiger partial charge in [-0.15, -0.1) is 0 Å². The Kier molecular flexibility index (Phi) is 11.8. The summed E-state index contributed by atoms with van der Waals surface area (Å²) in [6.45, 7) is 17.3. The molecule has 0 aliphatic carbocycles. The molecule has 0 aliphatic heterocycles. The molecule has 0 unspecified atom stereocenters. The molecular formula is C26H49N5O4Sn. The van der Waals surface area contributed by atoms with Crippen molar-refractivity contribution in [2.24, 2.45) is 0 Å². The van der Waals surface area contributed by atoms with Crippen LogP contribution >= 0.6 is 0 Å². The van der Waals surface area contributed by atoms with Crippen LogP contribution in [0.15, 0.2) is 0 Å². The number of carboxylic acid groups (broad SMARTS) is 2. The Morgan fingerprint density at radius 3 is 1.47 bits per heavy atom. The van der Waals surface area contributed by atoms with Crippen LogP contribution in [0.4, 0.5) is 27.0 Å². The molecule has 1 aromatic heterocycles. The van der Waals surface area contributed by atoms with Crippen LogP contribution in [0.5, 0.6) is 0 Å². The second kappa shape index (κ2) is 13.1. The minimum atomic E-state index is -3.43. The zero-order valence-electron chi connectivity index (χ0n) is 23.9. The van der Waals surface area contributed by atoms with Gasteiger partial charge in [-0.3, -0.25) is 0 Å². The summed E-state index contributed by atoms with van der Waals surface area (Å²) in [7, 11) is 0. The fraction of sp³-hybridized carbons (Fsp3) is 0.769. The Labute approximate surface area is 221 Å². The molecule has 0 aromatic carbocycles. The first-order chi connectivity index (χ1) is 16.6. The van der Waals surface area contributed by atoms with Gasteiger partial charge in [0, 0.05) is 0 Å². The van der Waals surface area contributed by atoms with Gasteiger partial charge in [0.25, 0.3) is 0 Å². The number of hydrogen-bond acceptors (Lipinski definition) is 5. The zero-order valence-corrected chi connectivity index (χ0v) is 26.8. The zero-order chi connectivity index (χ0) is 27.9. The standard InChI is InChI=1S/C14H22N5O4.3C4H9.Sn/c1-13(2,3)18(11(20)21)8-7-16-10(15)17-9(8)19(12(22)23)14(4,5)6;3*1-3-4-2;/h1-6H3,(H,20,21)(H,22,23)(H2,15,16,17);3*1,3-4H2,2H3;. The Bertz CT molecular complexity index is 874. The number of amides is 2. The van der Waals surface area contributed by atoms with E-state index >= 15 is 0 Å². The minimum absolute atomic E-state index is 0.00377. The van der Waals surface area contributed by atoms with Crippen molar-refractivity contribution < 1.29 is 19.8 Å². The van der Waals surface area contributed by atoms with Crippen LogP contribution in [0.3, 0.4) is 0 Å². The molecule has 0 aliphatic rings. The van der Waals surface area contributed by atoms with Crippen molar-refractivity contribution in [2.75, 3.05) is 15.5 Å². The molecule has 0 atom stereocenters. The molecule has 0 saturated heterocycles. The van der Waals surface area contributed by atoms with Crippen LogP contribution in [0.25, 0.3) is 0 Å². The van der Waals surface area contributed by atoms with Crippen molar-refractivity contribution >= 4 is 51.7 Å². The molecule has 1 heterocycles. The van der Waals surface area contributed by atoms with Gasteiger partial charge in [-0.25, -0.2) is 0 Å². The molecule has 0 spiro atoms. The molecule has 206 valence electrons. The molecule has 9 nitrogen and oxygen atoms in total. The van der Waals surface area contributed by atoms with E-state index in [-0.39, 0.29) is 11.8 Å². The van der Waals surface area contributed by atoms with Crippen LogP contribution in [-0.2, 0) is 0 Å². The number of nitrogen functional groups attached to an aromatic ring is 1. The third kappa shape index (κ3) is 7.86. The number of carbonyl (C=O) groups is 2. The van der Waals surface area contributed by atoms with Crippen molar-refractivity contribution in [3.05, 3.63) is 0 Å². The van der Waals surface area contributed by atoms with E-state index in [2.05, 4.69) is 25.8 Å². The first-order valence-corrected chi connectivity index (χ1v) is 20.8. The van der Waals surface area contributed by atoms with Crippen LogP contribution in [0.2, 0.25) is 13.3 Å². The van der Waals surface area contributed by atoms with Gasteiger partial charge in [0.05, 0.1) is 0 Å². The van der Waals surface area contributed by atoms with Gasteiger partial charge in [-0.05, 0) is 0 Å². The molecule has 10 heteroatoms. The number of hydrogen-bond donors (Lipinski definition) is 3. The Hall–Kier alpha value is -1.78. The number of aromatic nitrogens is 2. The average molecular weight is 614 g/mol. The van der Waals surface area contributed by atoms with Crippen LogP contribution < -0.4 is 19.2 Å². The SMILES string of the molecule is CCC[CH2][Sn]([CH2]CCC)([CH2]CCC)[c]1nc(N)nc(N(C(=O)O)C(C)(C)C)c1N(C(=O)O)C(C)(C)C. The summed E-state index contributed by atoms with van der Waals surface area (Å²) in [6, 6.07) is 0. The van der Waals surface area contributed by atoms with Crippen molar-refractivity contribution in [1.29, 1.82) is 0 Å². The van der Waals surface area contributed by atoms with E-state index in [4.69, 9.17) is 10.7 Å². The van der Waals surface area contributed by atoms with Crippen LogP contribution in [-0.4, -0.2) is 61.8 Å². The number of rotatable bonds is 12. The Balaban J connectivity index is 4.34. The summed E-state index contributed by atoms with van der Waals surface area (Å²) < 4.78 is 3.83. The summed E-state index contributed by atoms with van der Waals surface area (Å²) in [4.78, 5) is 37.2. The molecule has 2 amide bonds. The molecule has 0 radical (unpaired) electrons. The Morgan fingerprint density at radius 1 is 0.778 bits per heavy atom. The van der Waals surface area contributed by atoms with Crippen molar-refractivity contribution in [2.45, 2.75) is 125 Å². The van der Waals surface area contributed by atoms with E-state index in [1.54, 1.807) is 20.8 Å². The van der Waals surface area contributed by atoms with Gasteiger partial charge >= 0.3 is 222 Å². The molecule has 0 saturated carbocycles. The fourth-order valence-corrected chi connectivity index (χ4v) is 20.9. The van der Waals surface area contributed by atoms with Gasteiger partial charge < -0.3 is 0 Å². The molecule has 36 heavy (non-hydrogen) atoms. The Morgan fingerprint density at radius 2 is 1.17 bits per heavy atom. The third-order valence-corrected chi connectivity index (χ3v) is 21.7. The van der Waals surface area contributed by atoms with Crippen LogP contribution in [0, 0.1) is 0 Å². The molecular weight excluding hydrogens is 565 g/mol. The van der Waals surface area contributed by atoms with Gasteiger partial charge in [0.15, 0.2) is 0 Å². The third-order valence-electron chi connectivity index (χ3n) is 6.57. The number of anilines is 3. The normalized spacial score (nSPS) is 12.5. The molecule has 0 fully saturated rings. The summed E-state index contributed by atoms with van der Waals surface area (Å²) >= 11 is -3.43. The number of nitrogens with zero attached hydrogens (tertiary/aromatic N) is 4. The second-order valence-electron chi connectivity index (χ2n) is 11.8. The summed E-state index contributed by atoms with van der Waals surface area (Å²) in [5, 5.41) is 20.8. The maximum absolute atomic E-state index is 12.8. The summed E-state index contributed by atoms with van der Waals surface area (Å²) in [6.07, 6.45) is 3.84. The van der Waals surface area contributed by atoms with Gasteiger partial charge in [0.1, 0.15) is 0 Å². The van der Waals surface area contributed by atoms with E-state index < -0.39 is 41.6 Å². The van der Waals surface area contributed by atoms with E-state index in [9.17, 15) is 19.8 Å². The van der Waals surface area contributed by atoms with E-state index in [0.717, 1.165) is 60.4 Å². The molecule has 1 rings (SSSR count). The quantitative estimate of drug-likeness (QED) is 0.224. The van der Waals surface area contributed by atoms with Gasteiger partial charge in [0.2, 0.25) is 0 Å².